The lowest BCUT2D eigenvalue weighted by Gasteiger charge is -2.05. The summed E-state index contributed by atoms with van der Waals surface area (Å²) in [6, 6.07) is 3.40. The molecule has 0 aromatic carbocycles. The zero-order valence-electron chi connectivity index (χ0n) is 9.97. The predicted molar refractivity (Wildman–Crippen MR) is 63.0 cm³/mol. The van der Waals surface area contributed by atoms with Gasteiger partial charge in [0.25, 0.3) is 0 Å². The minimum absolute atomic E-state index is 0.0728. The van der Waals surface area contributed by atoms with Crippen molar-refractivity contribution in [3.8, 4) is 0 Å². The number of anilines is 1. The Morgan fingerprint density at radius 3 is 2.72 bits per heavy atom. The van der Waals surface area contributed by atoms with Gasteiger partial charge in [0.2, 0.25) is 5.91 Å². The highest BCUT2D eigenvalue weighted by atomic mass is 16.5. The van der Waals surface area contributed by atoms with Crippen molar-refractivity contribution in [3.05, 3.63) is 17.8 Å². The molecule has 1 aliphatic carbocycles. The van der Waals surface area contributed by atoms with E-state index in [2.05, 4.69) is 25.6 Å². The first-order valence-corrected chi connectivity index (χ1v) is 5.64. The fourth-order valence-corrected chi connectivity index (χ4v) is 1.32. The summed E-state index contributed by atoms with van der Waals surface area (Å²) in [6.07, 6.45) is 2.11. The highest BCUT2D eigenvalue weighted by Gasteiger charge is 2.22. The van der Waals surface area contributed by atoms with E-state index in [4.69, 9.17) is 0 Å². The molecule has 0 aliphatic heterocycles. The smallest absolute Gasteiger partial charge is 0.358 e. The third kappa shape index (κ3) is 3.41. The molecular weight excluding hydrogens is 236 g/mol. The zero-order valence-corrected chi connectivity index (χ0v) is 9.97. The number of methoxy groups -OCH3 is 1. The monoisotopic (exact) mass is 250 g/mol. The minimum Gasteiger partial charge on any atom is -0.464 e. The lowest BCUT2D eigenvalue weighted by molar-refractivity contribution is -0.119. The molecule has 0 unspecified atom stereocenters. The van der Waals surface area contributed by atoms with Crippen LogP contribution in [0.1, 0.15) is 23.3 Å². The van der Waals surface area contributed by atoms with Crippen molar-refractivity contribution < 1.29 is 14.3 Å². The number of esters is 1. The lowest BCUT2D eigenvalue weighted by Crippen LogP contribution is -2.31. The Balaban J connectivity index is 1.81. The van der Waals surface area contributed by atoms with Gasteiger partial charge in [-0.2, -0.15) is 0 Å². The average Bonchev–Trinajstić information content (AvgIpc) is 3.20. The summed E-state index contributed by atoms with van der Waals surface area (Å²) in [5.74, 6) is -0.175. The highest BCUT2D eigenvalue weighted by molar-refractivity contribution is 5.87. The van der Waals surface area contributed by atoms with Crippen LogP contribution >= 0.6 is 0 Å². The molecule has 1 saturated carbocycles. The van der Waals surface area contributed by atoms with E-state index in [0.29, 0.717) is 11.9 Å². The number of aromatic nitrogens is 2. The van der Waals surface area contributed by atoms with E-state index in [1.807, 2.05) is 0 Å². The Labute approximate surface area is 104 Å². The van der Waals surface area contributed by atoms with Crippen LogP contribution < -0.4 is 10.6 Å². The van der Waals surface area contributed by atoms with Crippen LogP contribution in [0.4, 0.5) is 5.82 Å². The summed E-state index contributed by atoms with van der Waals surface area (Å²) in [7, 11) is 1.28. The van der Waals surface area contributed by atoms with Gasteiger partial charge in [0.15, 0.2) is 5.69 Å². The fraction of sp³-hybridized carbons (Fsp3) is 0.455. The number of ether oxygens (including phenoxy) is 1. The first-order valence-electron chi connectivity index (χ1n) is 5.64. The molecule has 7 nitrogen and oxygen atoms in total. The summed E-state index contributed by atoms with van der Waals surface area (Å²) in [4.78, 5) is 22.5. The quantitative estimate of drug-likeness (QED) is 0.712. The third-order valence-electron chi connectivity index (χ3n) is 2.43. The van der Waals surface area contributed by atoms with Gasteiger partial charge in [0.1, 0.15) is 5.82 Å². The van der Waals surface area contributed by atoms with Gasteiger partial charge in [0.05, 0.1) is 13.7 Å². The first-order chi connectivity index (χ1) is 8.69. The average molecular weight is 250 g/mol. The number of nitrogens with one attached hydrogen (secondary N) is 2. The predicted octanol–water partition coefficient (Wildman–Crippen LogP) is -0.0463. The molecule has 2 rings (SSSR count). The largest absolute Gasteiger partial charge is 0.464 e. The second-order valence-electron chi connectivity index (χ2n) is 3.99. The van der Waals surface area contributed by atoms with Crippen molar-refractivity contribution in [2.24, 2.45) is 0 Å². The van der Waals surface area contributed by atoms with Crippen LogP contribution in [0.3, 0.4) is 0 Å². The number of hydrogen-bond acceptors (Lipinski definition) is 6. The number of carbonyl (C=O) groups is 2. The number of hydrogen-bond donors (Lipinski definition) is 2. The maximum absolute atomic E-state index is 11.4. The summed E-state index contributed by atoms with van der Waals surface area (Å²) in [5.41, 5.74) is 0.130. The van der Waals surface area contributed by atoms with Crippen LogP contribution in [0, 0.1) is 0 Å². The Hall–Kier alpha value is -2.18. The normalized spacial score (nSPS) is 13.8. The van der Waals surface area contributed by atoms with Crippen molar-refractivity contribution in [2.45, 2.75) is 18.9 Å². The molecule has 0 bridgehead atoms. The summed E-state index contributed by atoms with van der Waals surface area (Å²) in [5, 5.41) is 13.1. The number of amides is 1. The molecule has 0 saturated heterocycles. The third-order valence-corrected chi connectivity index (χ3v) is 2.43. The fourth-order valence-electron chi connectivity index (χ4n) is 1.32. The Kier molecular flexibility index (Phi) is 3.71. The maximum Gasteiger partial charge on any atom is 0.358 e. The molecule has 96 valence electrons. The van der Waals surface area contributed by atoms with E-state index in [9.17, 15) is 9.59 Å². The number of rotatable bonds is 5. The molecule has 0 atom stereocenters. The summed E-state index contributed by atoms with van der Waals surface area (Å²) in [6.45, 7) is 0.142. The Morgan fingerprint density at radius 1 is 1.39 bits per heavy atom. The standard InChI is InChI=1S/C11H14N4O3/c1-18-11(17)8-4-5-9(15-14-8)12-6-10(16)13-7-2-3-7/h4-5,7H,2-3,6H2,1H3,(H,12,15)(H,13,16). The molecule has 0 radical (unpaired) electrons. The molecule has 1 fully saturated rings. The molecule has 1 amide bonds. The molecule has 1 aromatic heterocycles. The van der Waals surface area contributed by atoms with Crippen molar-refractivity contribution in [1.82, 2.24) is 15.5 Å². The van der Waals surface area contributed by atoms with Gasteiger partial charge in [0, 0.05) is 6.04 Å². The number of carbonyl (C=O) groups excluding carboxylic acids is 2. The Bertz CT molecular complexity index is 442. The van der Waals surface area contributed by atoms with Crippen LogP contribution in [0.2, 0.25) is 0 Å². The number of nitrogens with zero attached hydrogens (tertiary/aromatic N) is 2. The van der Waals surface area contributed by atoms with Crippen LogP contribution in [0.15, 0.2) is 12.1 Å². The highest BCUT2D eigenvalue weighted by Crippen LogP contribution is 2.18. The van der Waals surface area contributed by atoms with E-state index >= 15 is 0 Å². The molecule has 1 heterocycles. The molecule has 7 heteroatoms. The van der Waals surface area contributed by atoms with E-state index in [-0.39, 0.29) is 18.1 Å². The van der Waals surface area contributed by atoms with Gasteiger partial charge < -0.3 is 15.4 Å². The van der Waals surface area contributed by atoms with E-state index in [1.165, 1.54) is 13.2 Å². The topological polar surface area (TPSA) is 93.2 Å². The van der Waals surface area contributed by atoms with Gasteiger partial charge in [-0.1, -0.05) is 0 Å². The second-order valence-corrected chi connectivity index (χ2v) is 3.99. The summed E-state index contributed by atoms with van der Waals surface area (Å²) >= 11 is 0. The van der Waals surface area contributed by atoms with Gasteiger partial charge in [-0.3, -0.25) is 4.79 Å². The minimum atomic E-state index is -0.541. The SMILES string of the molecule is COC(=O)c1ccc(NCC(=O)NC2CC2)nn1. The van der Waals surface area contributed by atoms with E-state index in [0.717, 1.165) is 12.8 Å². The van der Waals surface area contributed by atoms with Crippen LogP contribution in [-0.4, -0.2) is 41.8 Å². The Morgan fingerprint density at radius 2 is 2.17 bits per heavy atom. The van der Waals surface area contributed by atoms with Crippen molar-refractivity contribution in [3.63, 3.8) is 0 Å². The zero-order chi connectivity index (χ0) is 13.0. The van der Waals surface area contributed by atoms with E-state index < -0.39 is 5.97 Å². The van der Waals surface area contributed by atoms with Crippen LogP contribution in [0.5, 0.6) is 0 Å². The molecule has 1 aromatic rings. The maximum atomic E-state index is 11.4. The summed E-state index contributed by atoms with van der Waals surface area (Å²) < 4.78 is 4.50. The van der Waals surface area contributed by atoms with Crippen molar-refractivity contribution in [1.29, 1.82) is 0 Å². The molecular formula is C11H14N4O3. The van der Waals surface area contributed by atoms with Crippen molar-refractivity contribution >= 4 is 17.7 Å². The van der Waals surface area contributed by atoms with Gasteiger partial charge in [-0.25, -0.2) is 4.79 Å². The first kappa shape index (κ1) is 12.3. The molecule has 1 aliphatic rings. The molecule has 0 spiro atoms. The van der Waals surface area contributed by atoms with Gasteiger partial charge in [-0.05, 0) is 25.0 Å². The van der Waals surface area contributed by atoms with Crippen molar-refractivity contribution in [2.75, 3.05) is 19.0 Å². The van der Waals surface area contributed by atoms with Crippen LogP contribution in [0.25, 0.3) is 0 Å². The van der Waals surface area contributed by atoms with Crippen LogP contribution in [-0.2, 0) is 9.53 Å². The van der Waals surface area contributed by atoms with E-state index in [1.54, 1.807) is 6.07 Å². The van der Waals surface area contributed by atoms with Gasteiger partial charge in [-0.15, -0.1) is 10.2 Å². The molecule has 18 heavy (non-hydrogen) atoms. The lowest BCUT2D eigenvalue weighted by atomic mass is 10.4. The van der Waals surface area contributed by atoms with Gasteiger partial charge >= 0.3 is 5.97 Å². The molecule has 2 N–H and O–H groups in total. The second kappa shape index (κ2) is 5.44.